The summed E-state index contributed by atoms with van der Waals surface area (Å²) in [5, 5.41) is 2.66. The molecule has 0 fully saturated rings. The molecule has 0 saturated heterocycles. The van der Waals surface area contributed by atoms with E-state index in [1.54, 1.807) is 19.1 Å². The zero-order valence-corrected chi connectivity index (χ0v) is 12.1. The van der Waals surface area contributed by atoms with E-state index in [1.807, 2.05) is 13.8 Å². The highest BCUT2D eigenvalue weighted by molar-refractivity contribution is 5.51. The minimum absolute atomic E-state index is 0.0193. The molecule has 0 bridgehead atoms. The lowest BCUT2D eigenvalue weighted by Crippen LogP contribution is -2.34. The summed E-state index contributed by atoms with van der Waals surface area (Å²) in [6, 6.07) is 2.08. The summed E-state index contributed by atoms with van der Waals surface area (Å²) in [5.74, 6) is 0.481. The number of ether oxygens (including phenoxy) is 1. The zero-order valence-electron chi connectivity index (χ0n) is 12.1. The van der Waals surface area contributed by atoms with Crippen LogP contribution in [0.15, 0.2) is 12.1 Å². The van der Waals surface area contributed by atoms with Crippen LogP contribution in [-0.4, -0.2) is 38.3 Å². The van der Waals surface area contributed by atoms with Gasteiger partial charge in [0.25, 0.3) is 0 Å². The number of aromatic nitrogens is 1. The molecule has 0 atom stereocenters. The van der Waals surface area contributed by atoms with Crippen molar-refractivity contribution in [2.45, 2.75) is 26.1 Å². The normalized spacial score (nSPS) is 11.8. The molecule has 0 aromatic carbocycles. The lowest BCUT2D eigenvalue weighted by Gasteiger charge is -2.28. The Morgan fingerprint density at radius 1 is 1.35 bits per heavy atom. The standard InChI is InChI=1S/C13H20F3N3O/c1-9(2)19(5-6-20-4)12-8-10(13(14,15)16)7-11(17-3)18-12/h7-9H,5-6H2,1-4H3,(H,17,18). The molecule has 1 rings (SSSR count). The van der Waals surface area contributed by atoms with Gasteiger partial charge in [0.1, 0.15) is 11.6 Å². The van der Waals surface area contributed by atoms with Crippen LogP contribution in [0.5, 0.6) is 0 Å². The minimum Gasteiger partial charge on any atom is -0.383 e. The maximum absolute atomic E-state index is 12.9. The summed E-state index contributed by atoms with van der Waals surface area (Å²) in [6.45, 7) is 4.70. The highest BCUT2D eigenvalue weighted by atomic mass is 19.4. The van der Waals surface area contributed by atoms with Gasteiger partial charge in [0, 0.05) is 26.7 Å². The quantitative estimate of drug-likeness (QED) is 0.874. The Kier molecular flexibility index (Phi) is 5.62. The van der Waals surface area contributed by atoms with E-state index < -0.39 is 11.7 Å². The summed E-state index contributed by atoms with van der Waals surface area (Å²) in [7, 11) is 3.10. The minimum atomic E-state index is -4.40. The summed E-state index contributed by atoms with van der Waals surface area (Å²) in [5.41, 5.74) is -0.713. The lowest BCUT2D eigenvalue weighted by molar-refractivity contribution is -0.137. The van der Waals surface area contributed by atoms with Crippen LogP contribution in [0.25, 0.3) is 0 Å². The third kappa shape index (κ3) is 4.26. The second kappa shape index (κ2) is 6.78. The fourth-order valence-corrected chi connectivity index (χ4v) is 1.78. The predicted octanol–water partition coefficient (Wildman–Crippen LogP) is 3.00. The SMILES string of the molecule is CNc1cc(C(F)(F)F)cc(N(CCOC)C(C)C)n1. The smallest absolute Gasteiger partial charge is 0.383 e. The van der Waals surface area contributed by atoms with Crippen LogP contribution in [0.2, 0.25) is 0 Å². The molecular formula is C13H20F3N3O. The van der Waals surface area contributed by atoms with Gasteiger partial charge in [-0.15, -0.1) is 0 Å². The van der Waals surface area contributed by atoms with Gasteiger partial charge in [-0.2, -0.15) is 13.2 Å². The van der Waals surface area contributed by atoms with Gasteiger partial charge in [-0.3, -0.25) is 0 Å². The van der Waals surface area contributed by atoms with Gasteiger partial charge < -0.3 is 15.0 Å². The van der Waals surface area contributed by atoms with E-state index in [2.05, 4.69) is 10.3 Å². The molecule has 0 unspecified atom stereocenters. The number of nitrogens with zero attached hydrogens (tertiary/aromatic N) is 2. The first-order valence-electron chi connectivity index (χ1n) is 6.32. The van der Waals surface area contributed by atoms with Crippen molar-refractivity contribution in [3.05, 3.63) is 17.7 Å². The Bertz CT molecular complexity index is 435. The first-order chi connectivity index (χ1) is 9.29. The van der Waals surface area contributed by atoms with Crippen LogP contribution in [0.3, 0.4) is 0 Å². The molecule has 0 aliphatic carbocycles. The average Bonchev–Trinajstić information content (AvgIpc) is 2.37. The molecule has 0 amide bonds. The van der Waals surface area contributed by atoms with Gasteiger partial charge in [0.05, 0.1) is 12.2 Å². The van der Waals surface area contributed by atoms with Crippen molar-refractivity contribution >= 4 is 11.6 Å². The fourth-order valence-electron chi connectivity index (χ4n) is 1.78. The number of rotatable bonds is 6. The molecule has 1 N–H and O–H groups in total. The van der Waals surface area contributed by atoms with Crippen molar-refractivity contribution < 1.29 is 17.9 Å². The van der Waals surface area contributed by atoms with E-state index >= 15 is 0 Å². The number of anilines is 2. The molecule has 1 heterocycles. The van der Waals surface area contributed by atoms with E-state index in [1.165, 1.54) is 0 Å². The van der Waals surface area contributed by atoms with Gasteiger partial charge in [-0.05, 0) is 26.0 Å². The van der Waals surface area contributed by atoms with Crippen LogP contribution in [0.4, 0.5) is 24.8 Å². The highest BCUT2D eigenvalue weighted by Crippen LogP contribution is 2.33. The summed E-state index contributed by atoms with van der Waals surface area (Å²) < 4.78 is 43.7. The molecule has 0 spiro atoms. The molecule has 1 aromatic heterocycles. The number of pyridine rings is 1. The monoisotopic (exact) mass is 291 g/mol. The Labute approximate surface area is 116 Å². The van der Waals surface area contributed by atoms with Crippen LogP contribution in [0.1, 0.15) is 19.4 Å². The second-order valence-electron chi connectivity index (χ2n) is 4.63. The second-order valence-corrected chi connectivity index (χ2v) is 4.63. The molecule has 114 valence electrons. The molecule has 4 nitrogen and oxygen atoms in total. The van der Waals surface area contributed by atoms with Crippen molar-refractivity contribution in [2.24, 2.45) is 0 Å². The van der Waals surface area contributed by atoms with Crippen molar-refractivity contribution in [1.29, 1.82) is 0 Å². The average molecular weight is 291 g/mol. The van der Waals surface area contributed by atoms with E-state index in [-0.39, 0.29) is 17.7 Å². The topological polar surface area (TPSA) is 37.4 Å². The number of halogens is 3. The molecule has 0 aliphatic heterocycles. The van der Waals surface area contributed by atoms with Crippen molar-refractivity contribution in [3.63, 3.8) is 0 Å². The van der Waals surface area contributed by atoms with Gasteiger partial charge >= 0.3 is 6.18 Å². The number of hydrogen-bond donors (Lipinski definition) is 1. The molecule has 0 saturated carbocycles. The fraction of sp³-hybridized carbons (Fsp3) is 0.615. The van der Waals surface area contributed by atoms with E-state index in [0.29, 0.717) is 13.2 Å². The van der Waals surface area contributed by atoms with Gasteiger partial charge in [-0.1, -0.05) is 0 Å². The summed E-state index contributed by atoms with van der Waals surface area (Å²) >= 11 is 0. The Hall–Kier alpha value is -1.50. The highest BCUT2D eigenvalue weighted by Gasteiger charge is 2.32. The number of alkyl halides is 3. The lowest BCUT2D eigenvalue weighted by atomic mass is 10.2. The van der Waals surface area contributed by atoms with E-state index in [0.717, 1.165) is 12.1 Å². The summed E-state index contributed by atoms with van der Waals surface area (Å²) in [6.07, 6.45) is -4.40. The Morgan fingerprint density at radius 3 is 2.45 bits per heavy atom. The molecule has 7 heteroatoms. The van der Waals surface area contributed by atoms with Crippen LogP contribution in [-0.2, 0) is 10.9 Å². The first kappa shape index (κ1) is 16.6. The first-order valence-corrected chi connectivity index (χ1v) is 6.32. The van der Waals surface area contributed by atoms with Crippen molar-refractivity contribution in [2.75, 3.05) is 37.5 Å². The van der Waals surface area contributed by atoms with Gasteiger partial charge in [0.2, 0.25) is 0 Å². The van der Waals surface area contributed by atoms with Crippen molar-refractivity contribution in [3.8, 4) is 0 Å². The molecule has 0 radical (unpaired) electrons. The maximum atomic E-state index is 12.9. The van der Waals surface area contributed by atoms with Crippen LogP contribution < -0.4 is 10.2 Å². The third-order valence-corrected chi connectivity index (χ3v) is 2.85. The van der Waals surface area contributed by atoms with Gasteiger partial charge in [-0.25, -0.2) is 4.98 Å². The maximum Gasteiger partial charge on any atom is 0.416 e. The summed E-state index contributed by atoms with van der Waals surface area (Å²) in [4.78, 5) is 5.98. The number of hydrogen-bond acceptors (Lipinski definition) is 4. The van der Waals surface area contributed by atoms with Crippen LogP contribution in [0, 0.1) is 0 Å². The number of methoxy groups -OCH3 is 1. The van der Waals surface area contributed by atoms with Gasteiger partial charge in [0.15, 0.2) is 0 Å². The molecule has 0 aliphatic rings. The third-order valence-electron chi connectivity index (χ3n) is 2.85. The van der Waals surface area contributed by atoms with Crippen molar-refractivity contribution in [1.82, 2.24) is 4.98 Å². The molecule has 20 heavy (non-hydrogen) atoms. The van der Waals surface area contributed by atoms with E-state index in [9.17, 15) is 13.2 Å². The Morgan fingerprint density at radius 2 is 2.00 bits per heavy atom. The van der Waals surface area contributed by atoms with E-state index in [4.69, 9.17) is 4.74 Å². The number of nitrogens with one attached hydrogen (secondary N) is 1. The zero-order chi connectivity index (χ0) is 15.3. The molecular weight excluding hydrogens is 271 g/mol. The Balaban J connectivity index is 3.19. The largest absolute Gasteiger partial charge is 0.416 e. The van der Waals surface area contributed by atoms with Crippen LogP contribution >= 0.6 is 0 Å². The predicted molar refractivity (Wildman–Crippen MR) is 73.1 cm³/mol. The molecule has 1 aromatic rings.